The van der Waals surface area contributed by atoms with Crippen molar-refractivity contribution in [2.45, 2.75) is 64.0 Å². The first-order valence-corrected chi connectivity index (χ1v) is 6.81. The summed E-state index contributed by atoms with van der Waals surface area (Å²) in [5, 5.41) is 14.4. The van der Waals surface area contributed by atoms with Crippen molar-refractivity contribution in [3.8, 4) is 0 Å². The van der Waals surface area contributed by atoms with Crippen molar-refractivity contribution in [1.29, 1.82) is 0 Å². The Bertz CT molecular complexity index is 275. The summed E-state index contributed by atoms with van der Waals surface area (Å²) in [6.07, 6.45) is 5.49. The van der Waals surface area contributed by atoms with Crippen LogP contribution in [-0.2, 0) is 9.59 Å². The van der Waals surface area contributed by atoms with Crippen LogP contribution in [0.25, 0.3) is 0 Å². The Kier molecular flexibility index (Phi) is 6.72. The molecule has 5 heteroatoms. The molecular formula is C13H24N2O3. The number of rotatable bonds is 7. The van der Waals surface area contributed by atoms with Gasteiger partial charge in [0.15, 0.2) is 0 Å². The molecule has 0 spiro atoms. The Morgan fingerprint density at radius 2 is 1.83 bits per heavy atom. The van der Waals surface area contributed by atoms with Gasteiger partial charge in [0.05, 0.1) is 0 Å². The Morgan fingerprint density at radius 3 is 2.44 bits per heavy atom. The molecule has 0 heterocycles. The number of hydrogen-bond donors (Lipinski definition) is 3. The molecule has 0 radical (unpaired) electrons. The minimum absolute atomic E-state index is 0.0353. The first kappa shape index (κ1) is 15.0. The van der Waals surface area contributed by atoms with Gasteiger partial charge in [-0.3, -0.25) is 9.59 Å². The van der Waals surface area contributed by atoms with Gasteiger partial charge in [0.1, 0.15) is 0 Å². The Hall–Kier alpha value is -1.10. The maximum atomic E-state index is 11.6. The highest BCUT2D eigenvalue weighted by molar-refractivity contribution is 5.83. The maximum Gasteiger partial charge on any atom is 0.220 e. The van der Waals surface area contributed by atoms with Crippen LogP contribution in [-0.4, -0.2) is 35.6 Å². The molecule has 1 saturated carbocycles. The van der Waals surface area contributed by atoms with Crippen LogP contribution >= 0.6 is 0 Å². The average Bonchev–Trinajstić information content (AvgIpc) is 2.79. The lowest BCUT2D eigenvalue weighted by atomic mass is 10.2. The molecule has 104 valence electrons. The minimum Gasteiger partial charge on any atom is -0.396 e. The summed E-state index contributed by atoms with van der Waals surface area (Å²) in [6, 6.07) is 0.272. The number of aliphatic hydroxyl groups is 1. The molecule has 0 aliphatic heterocycles. The third kappa shape index (κ3) is 6.00. The molecule has 1 fully saturated rings. The third-order valence-corrected chi connectivity index (χ3v) is 3.27. The summed E-state index contributed by atoms with van der Waals surface area (Å²) < 4.78 is 0. The van der Waals surface area contributed by atoms with E-state index in [0.29, 0.717) is 12.5 Å². The third-order valence-electron chi connectivity index (χ3n) is 3.27. The molecule has 0 aromatic rings. The molecule has 1 aliphatic carbocycles. The Morgan fingerprint density at radius 1 is 1.22 bits per heavy atom. The highest BCUT2D eigenvalue weighted by Crippen LogP contribution is 2.17. The summed E-state index contributed by atoms with van der Waals surface area (Å²) >= 11 is 0. The molecule has 1 unspecified atom stereocenters. The van der Waals surface area contributed by atoms with E-state index in [1.807, 2.05) is 6.92 Å². The Labute approximate surface area is 108 Å². The van der Waals surface area contributed by atoms with Crippen molar-refractivity contribution in [2.75, 3.05) is 6.61 Å². The van der Waals surface area contributed by atoms with Gasteiger partial charge in [0.2, 0.25) is 11.8 Å². The summed E-state index contributed by atoms with van der Waals surface area (Å²) in [4.78, 5) is 23.1. The van der Waals surface area contributed by atoms with Gasteiger partial charge in [-0.25, -0.2) is 0 Å². The standard InChI is InChI=1S/C13H24N2O3/c1-10(8-9-16)14-12(17)6-7-13(18)15-11-4-2-3-5-11/h10-11,16H,2-9H2,1H3,(H,14,17)(H,15,18). The molecule has 18 heavy (non-hydrogen) atoms. The van der Waals surface area contributed by atoms with Crippen molar-refractivity contribution in [2.24, 2.45) is 0 Å². The molecule has 1 aliphatic rings. The van der Waals surface area contributed by atoms with Gasteiger partial charge in [0.25, 0.3) is 0 Å². The zero-order chi connectivity index (χ0) is 13.4. The van der Waals surface area contributed by atoms with E-state index in [2.05, 4.69) is 10.6 Å². The molecule has 1 rings (SSSR count). The summed E-state index contributed by atoms with van der Waals surface area (Å²) in [7, 11) is 0. The van der Waals surface area contributed by atoms with E-state index in [9.17, 15) is 9.59 Å². The van der Waals surface area contributed by atoms with Gasteiger partial charge in [-0.2, -0.15) is 0 Å². The Balaban J connectivity index is 2.11. The number of nitrogens with one attached hydrogen (secondary N) is 2. The smallest absolute Gasteiger partial charge is 0.220 e. The van der Waals surface area contributed by atoms with Crippen LogP contribution in [0.5, 0.6) is 0 Å². The fraction of sp³-hybridized carbons (Fsp3) is 0.846. The van der Waals surface area contributed by atoms with Crippen LogP contribution in [0.2, 0.25) is 0 Å². The monoisotopic (exact) mass is 256 g/mol. The van der Waals surface area contributed by atoms with Crippen LogP contribution < -0.4 is 10.6 Å². The first-order valence-electron chi connectivity index (χ1n) is 6.81. The highest BCUT2D eigenvalue weighted by Gasteiger charge is 2.17. The highest BCUT2D eigenvalue weighted by atomic mass is 16.3. The van der Waals surface area contributed by atoms with E-state index in [-0.39, 0.29) is 37.3 Å². The fourth-order valence-electron chi connectivity index (χ4n) is 2.21. The van der Waals surface area contributed by atoms with Crippen molar-refractivity contribution in [1.82, 2.24) is 10.6 Å². The van der Waals surface area contributed by atoms with Crippen LogP contribution in [0.15, 0.2) is 0 Å². The van der Waals surface area contributed by atoms with Gasteiger partial charge in [-0.15, -0.1) is 0 Å². The maximum absolute atomic E-state index is 11.6. The van der Waals surface area contributed by atoms with Gasteiger partial charge in [-0.1, -0.05) is 12.8 Å². The first-order chi connectivity index (χ1) is 8.61. The molecule has 0 saturated heterocycles. The molecule has 2 amide bonds. The predicted molar refractivity (Wildman–Crippen MR) is 68.9 cm³/mol. The number of aliphatic hydroxyl groups excluding tert-OH is 1. The van der Waals surface area contributed by atoms with Crippen molar-refractivity contribution < 1.29 is 14.7 Å². The minimum atomic E-state index is -0.127. The van der Waals surface area contributed by atoms with E-state index < -0.39 is 0 Å². The lowest BCUT2D eigenvalue weighted by Crippen LogP contribution is -2.36. The fourth-order valence-corrected chi connectivity index (χ4v) is 2.21. The summed E-state index contributed by atoms with van der Waals surface area (Å²) in [5.41, 5.74) is 0. The summed E-state index contributed by atoms with van der Waals surface area (Å²) in [5.74, 6) is -0.163. The van der Waals surface area contributed by atoms with Crippen molar-refractivity contribution >= 4 is 11.8 Å². The lowest BCUT2D eigenvalue weighted by Gasteiger charge is -2.13. The van der Waals surface area contributed by atoms with Crippen LogP contribution in [0.3, 0.4) is 0 Å². The van der Waals surface area contributed by atoms with Crippen molar-refractivity contribution in [3.63, 3.8) is 0 Å². The lowest BCUT2D eigenvalue weighted by molar-refractivity contribution is -0.127. The topological polar surface area (TPSA) is 78.4 Å². The van der Waals surface area contributed by atoms with Gasteiger partial charge in [0, 0.05) is 31.5 Å². The zero-order valence-electron chi connectivity index (χ0n) is 11.1. The van der Waals surface area contributed by atoms with Crippen molar-refractivity contribution in [3.05, 3.63) is 0 Å². The van der Waals surface area contributed by atoms with E-state index in [1.165, 1.54) is 12.8 Å². The van der Waals surface area contributed by atoms with E-state index in [0.717, 1.165) is 12.8 Å². The molecule has 0 bridgehead atoms. The van der Waals surface area contributed by atoms with Gasteiger partial charge < -0.3 is 15.7 Å². The van der Waals surface area contributed by atoms with Crippen LogP contribution in [0.1, 0.15) is 51.9 Å². The SMILES string of the molecule is CC(CCO)NC(=O)CCC(=O)NC1CCCC1. The van der Waals surface area contributed by atoms with Crippen LogP contribution in [0.4, 0.5) is 0 Å². The molecular weight excluding hydrogens is 232 g/mol. The van der Waals surface area contributed by atoms with Gasteiger partial charge in [-0.05, 0) is 26.2 Å². The van der Waals surface area contributed by atoms with E-state index >= 15 is 0 Å². The molecule has 0 aromatic carbocycles. The number of carbonyl (C=O) groups excluding carboxylic acids is 2. The number of carbonyl (C=O) groups is 2. The zero-order valence-corrected chi connectivity index (χ0v) is 11.1. The molecule has 3 N–H and O–H groups in total. The summed E-state index contributed by atoms with van der Waals surface area (Å²) in [6.45, 7) is 1.90. The number of hydrogen-bond acceptors (Lipinski definition) is 3. The van der Waals surface area contributed by atoms with E-state index in [4.69, 9.17) is 5.11 Å². The quantitative estimate of drug-likeness (QED) is 0.628. The molecule has 5 nitrogen and oxygen atoms in total. The normalized spacial score (nSPS) is 17.4. The second-order valence-electron chi connectivity index (χ2n) is 5.03. The van der Waals surface area contributed by atoms with E-state index in [1.54, 1.807) is 0 Å². The van der Waals surface area contributed by atoms with Crippen LogP contribution in [0, 0.1) is 0 Å². The number of amides is 2. The second-order valence-corrected chi connectivity index (χ2v) is 5.03. The molecule has 1 atom stereocenters. The van der Waals surface area contributed by atoms with Gasteiger partial charge >= 0.3 is 0 Å². The second kappa shape index (κ2) is 8.08. The average molecular weight is 256 g/mol. The molecule has 0 aromatic heterocycles. The predicted octanol–water partition coefficient (Wildman–Crippen LogP) is 0.712. The largest absolute Gasteiger partial charge is 0.396 e.